The second-order valence-electron chi connectivity index (χ2n) is 6.23. The quantitative estimate of drug-likeness (QED) is 0.731. The standard InChI is InChI=1S/C18H24ClN3O4/c1-4-12(15(19)5-2)9-20-18(25)16-7-13(23)10-22(16)17(24)8-14-6-11(3)21-26-14/h4-6,13,16,23H,7-10H2,1-3H3,(H,20,25). The van der Waals surface area contributed by atoms with Gasteiger partial charge in [-0.2, -0.15) is 0 Å². The fourth-order valence-corrected chi connectivity index (χ4v) is 3.07. The van der Waals surface area contributed by atoms with Gasteiger partial charge in [0.05, 0.1) is 18.2 Å². The van der Waals surface area contributed by atoms with Gasteiger partial charge in [-0.3, -0.25) is 9.59 Å². The van der Waals surface area contributed by atoms with Gasteiger partial charge in [-0.05, 0) is 26.3 Å². The van der Waals surface area contributed by atoms with Gasteiger partial charge in [0.2, 0.25) is 11.8 Å². The summed E-state index contributed by atoms with van der Waals surface area (Å²) in [6.45, 7) is 5.79. The van der Waals surface area contributed by atoms with E-state index < -0.39 is 12.1 Å². The molecule has 1 saturated heterocycles. The number of hydrogen-bond donors (Lipinski definition) is 2. The van der Waals surface area contributed by atoms with Crippen LogP contribution in [0.25, 0.3) is 0 Å². The van der Waals surface area contributed by atoms with Crippen LogP contribution in [0.5, 0.6) is 0 Å². The van der Waals surface area contributed by atoms with Crippen molar-refractivity contribution in [3.8, 4) is 0 Å². The van der Waals surface area contributed by atoms with Crippen LogP contribution in [0, 0.1) is 6.92 Å². The number of aromatic nitrogens is 1. The zero-order valence-electron chi connectivity index (χ0n) is 15.2. The topological polar surface area (TPSA) is 95.7 Å². The molecule has 1 aromatic heterocycles. The minimum atomic E-state index is -0.730. The van der Waals surface area contributed by atoms with Gasteiger partial charge in [-0.25, -0.2) is 0 Å². The van der Waals surface area contributed by atoms with Crippen molar-refractivity contribution in [1.29, 1.82) is 0 Å². The monoisotopic (exact) mass is 381 g/mol. The number of amides is 2. The van der Waals surface area contributed by atoms with E-state index in [1.807, 2.05) is 19.9 Å². The lowest BCUT2D eigenvalue weighted by atomic mass is 10.1. The molecule has 1 aliphatic rings. The first-order valence-electron chi connectivity index (χ1n) is 8.50. The van der Waals surface area contributed by atoms with Crippen LogP contribution < -0.4 is 5.32 Å². The summed E-state index contributed by atoms with van der Waals surface area (Å²) in [7, 11) is 0. The molecule has 1 aliphatic heterocycles. The molecule has 0 radical (unpaired) electrons. The van der Waals surface area contributed by atoms with Gasteiger partial charge in [0.25, 0.3) is 0 Å². The van der Waals surface area contributed by atoms with Crippen molar-refractivity contribution in [2.24, 2.45) is 0 Å². The van der Waals surface area contributed by atoms with Crippen molar-refractivity contribution in [3.63, 3.8) is 0 Å². The van der Waals surface area contributed by atoms with E-state index in [0.717, 1.165) is 5.57 Å². The van der Waals surface area contributed by atoms with Crippen LogP contribution >= 0.6 is 11.6 Å². The molecule has 2 heterocycles. The number of rotatable bonds is 6. The summed E-state index contributed by atoms with van der Waals surface area (Å²) < 4.78 is 5.06. The molecule has 2 unspecified atom stereocenters. The zero-order valence-corrected chi connectivity index (χ0v) is 15.9. The maximum Gasteiger partial charge on any atom is 0.243 e. The van der Waals surface area contributed by atoms with Crippen molar-refractivity contribution < 1.29 is 19.2 Å². The first-order chi connectivity index (χ1) is 12.3. The van der Waals surface area contributed by atoms with Crippen LogP contribution in [0.4, 0.5) is 0 Å². The Morgan fingerprint density at radius 3 is 2.77 bits per heavy atom. The molecule has 2 N–H and O–H groups in total. The maximum atomic E-state index is 12.6. The van der Waals surface area contributed by atoms with Crippen LogP contribution in [-0.4, -0.2) is 52.2 Å². The lowest BCUT2D eigenvalue weighted by Gasteiger charge is -2.23. The largest absolute Gasteiger partial charge is 0.391 e. The molecule has 0 aromatic carbocycles. The summed E-state index contributed by atoms with van der Waals surface area (Å²) in [5, 5.41) is 17.0. The van der Waals surface area contributed by atoms with E-state index in [-0.39, 0.29) is 37.7 Å². The van der Waals surface area contributed by atoms with Gasteiger partial charge < -0.3 is 19.8 Å². The minimum Gasteiger partial charge on any atom is -0.391 e. The molecule has 0 spiro atoms. The molecule has 2 atom stereocenters. The smallest absolute Gasteiger partial charge is 0.243 e. The molecule has 0 aliphatic carbocycles. The third-order valence-corrected chi connectivity index (χ3v) is 4.73. The highest BCUT2D eigenvalue weighted by Crippen LogP contribution is 2.20. The number of allylic oxidation sites excluding steroid dienone is 2. The number of halogens is 1. The number of carbonyl (C=O) groups is 2. The van der Waals surface area contributed by atoms with Crippen molar-refractivity contribution >= 4 is 23.4 Å². The number of β-amino-alcohol motifs (C(OH)–C–C–N with tert-alkyl or cyclic N) is 1. The SMILES string of the molecule is CC=C(Cl)C(=CC)CNC(=O)C1CC(O)CN1C(=O)Cc1cc(C)no1. The van der Waals surface area contributed by atoms with Crippen LogP contribution in [-0.2, 0) is 16.0 Å². The lowest BCUT2D eigenvalue weighted by Crippen LogP contribution is -2.46. The number of nitrogens with one attached hydrogen (secondary N) is 1. The van der Waals surface area contributed by atoms with E-state index in [1.54, 1.807) is 19.1 Å². The molecule has 7 nitrogen and oxygen atoms in total. The summed E-state index contributed by atoms with van der Waals surface area (Å²) in [5.41, 5.74) is 1.47. The number of likely N-dealkylation sites (tertiary alicyclic amines) is 1. The Balaban J connectivity index is 2.01. The summed E-state index contributed by atoms with van der Waals surface area (Å²) in [5.74, 6) is -0.164. The summed E-state index contributed by atoms with van der Waals surface area (Å²) in [4.78, 5) is 26.5. The van der Waals surface area contributed by atoms with Crippen LogP contribution in [0.15, 0.2) is 33.3 Å². The molecule has 0 bridgehead atoms. The van der Waals surface area contributed by atoms with E-state index in [0.29, 0.717) is 16.5 Å². The number of aliphatic hydroxyl groups excluding tert-OH is 1. The Kier molecular flexibility index (Phi) is 6.99. The first kappa shape index (κ1) is 20.2. The number of nitrogens with zero attached hydrogens (tertiary/aromatic N) is 2. The van der Waals surface area contributed by atoms with Crippen LogP contribution in [0.2, 0.25) is 0 Å². The molecule has 1 aromatic rings. The molecule has 2 amide bonds. The average molecular weight is 382 g/mol. The van der Waals surface area contributed by atoms with Gasteiger partial charge in [-0.1, -0.05) is 28.9 Å². The van der Waals surface area contributed by atoms with E-state index in [1.165, 1.54) is 4.90 Å². The number of carbonyl (C=O) groups excluding carboxylic acids is 2. The Morgan fingerprint density at radius 1 is 1.46 bits per heavy atom. The van der Waals surface area contributed by atoms with Gasteiger partial charge in [0.15, 0.2) is 0 Å². The summed E-state index contributed by atoms with van der Waals surface area (Å²) in [6.07, 6.45) is 3.04. The molecule has 0 saturated carbocycles. The predicted octanol–water partition coefficient (Wildman–Crippen LogP) is 1.69. The second kappa shape index (κ2) is 9.00. The highest BCUT2D eigenvalue weighted by atomic mass is 35.5. The zero-order chi connectivity index (χ0) is 19.3. The van der Waals surface area contributed by atoms with E-state index in [4.69, 9.17) is 16.1 Å². The highest BCUT2D eigenvalue weighted by Gasteiger charge is 2.38. The first-order valence-corrected chi connectivity index (χ1v) is 8.88. The molecule has 8 heteroatoms. The Hall–Kier alpha value is -2.12. The van der Waals surface area contributed by atoms with Crippen LogP contribution in [0.3, 0.4) is 0 Å². The third-order valence-electron chi connectivity index (χ3n) is 4.27. The highest BCUT2D eigenvalue weighted by molar-refractivity contribution is 6.32. The van der Waals surface area contributed by atoms with Gasteiger partial charge in [0.1, 0.15) is 11.8 Å². The van der Waals surface area contributed by atoms with E-state index >= 15 is 0 Å². The predicted molar refractivity (Wildman–Crippen MR) is 97.4 cm³/mol. The fraction of sp³-hybridized carbons (Fsp3) is 0.500. The van der Waals surface area contributed by atoms with Gasteiger partial charge >= 0.3 is 0 Å². The Bertz CT molecular complexity index is 726. The number of hydrogen-bond acceptors (Lipinski definition) is 5. The van der Waals surface area contributed by atoms with Crippen molar-refractivity contribution in [1.82, 2.24) is 15.4 Å². The summed E-state index contributed by atoms with van der Waals surface area (Å²) >= 11 is 6.09. The molecular weight excluding hydrogens is 358 g/mol. The fourth-order valence-electron chi connectivity index (χ4n) is 2.90. The molecule has 142 valence electrons. The Morgan fingerprint density at radius 2 is 2.19 bits per heavy atom. The van der Waals surface area contributed by atoms with Gasteiger partial charge in [-0.15, -0.1) is 0 Å². The molecule has 26 heavy (non-hydrogen) atoms. The Labute approximate surface area is 157 Å². The minimum absolute atomic E-state index is 0.00184. The summed E-state index contributed by atoms with van der Waals surface area (Å²) in [6, 6.07) is 0.959. The normalized spacial score (nSPS) is 21.2. The van der Waals surface area contributed by atoms with Crippen molar-refractivity contribution in [3.05, 3.63) is 40.3 Å². The van der Waals surface area contributed by atoms with Crippen molar-refractivity contribution in [2.75, 3.05) is 13.1 Å². The second-order valence-corrected chi connectivity index (χ2v) is 6.64. The van der Waals surface area contributed by atoms with Gasteiger partial charge in [0, 0.05) is 30.6 Å². The average Bonchev–Trinajstić information content (AvgIpc) is 3.20. The lowest BCUT2D eigenvalue weighted by molar-refractivity contribution is -0.138. The van der Waals surface area contributed by atoms with Crippen molar-refractivity contribution in [2.45, 2.75) is 45.8 Å². The maximum absolute atomic E-state index is 12.6. The third kappa shape index (κ3) is 4.95. The molecule has 2 rings (SSSR count). The number of aliphatic hydroxyl groups is 1. The molecular formula is C18H24ClN3O4. The van der Waals surface area contributed by atoms with E-state index in [2.05, 4.69) is 10.5 Å². The van der Waals surface area contributed by atoms with E-state index in [9.17, 15) is 14.7 Å². The number of aryl methyl sites for hydroxylation is 1. The van der Waals surface area contributed by atoms with Crippen LogP contribution in [0.1, 0.15) is 31.7 Å². The molecule has 1 fully saturated rings.